The summed E-state index contributed by atoms with van der Waals surface area (Å²) < 4.78 is 76.0. The minimum Gasteiger partial charge on any atom is -0.481 e. The van der Waals surface area contributed by atoms with Crippen molar-refractivity contribution in [3.63, 3.8) is 0 Å². The van der Waals surface area contributed by atoms with Gasteiger partial charge in [0.05, 0.1) is 12.0 Å². The van der Waals surface area contributed by atoms with E-state index in [0.29, 0.717) is 18.4 Å². The Balaban J connectivity index is 1.89. The van der Waals surface area contributed by atoms with E-state index in [1.54, 1.807) is 24.8 Å². The monoisotopic (exact) mass is 499 g/mol. The molecule has 0 saturated heterocycles. The van der Waals surface area contributed by atoms with Gasteiger partial charge in [0.1, 0.15) is 18.4 Å². The molecular weight excluding hydrogens is 475 g/mol. The summed E-state index contributed by atoms with van der Waals surface area (Å²) in [5.41, 5.74) is -0.770. The first-order valence-electron chi connectivity index (χ1n) is 10.6. The lowest BCUT2D eigenvalue weighted by Crippen LogP contribution is -2.41. The van der Waals surface area contributed by atoms with Gasteiger partial charge in [-0.15, -0.1) is 23.4 Å². The number of allylic oxidation sites excluding steroid dienone is 3. The van der Waals surface area contributed by atoms with Crippen molar-refractivity contribution in [1.29, 1.82) is 0 Å². The molecule has 0 radical (unpaired) electrons. The molecular formula is C21H24F3N5O4S. The molecule has 0 spiro atoms. The second-order valence-corrected chi connectivity index (χ2v) is 10.1. The molecule has 0 aromatic carbocycles. The van der Waals surface area contributed by atoms with Gasteiger partial charge in [-0.3, -0.25) is 0 Å². The third-order valence-corrected chi connectivity index (χ3v) is 7.46. The predicted octanol–water partition coefficient (Wildman–Crippen LogP) is 3.35. The van der Waals surface area contributed by atoms with Crippen molar-refractivity contribution >= 4 is 10.0 Å². The summed E-state index contributed by atoms with van der Waals surface area (Å²) in [5.74, 6) is -0.740. The molecule has 13 heteroatoms. The minimum atomic E-state index is -5.02. The van der Waals surface area contributed by atoms with Crippen LogP contribution in [-0.2, 0) is 20.2 Å². The average molecular weight is 500 g/mol. The van der Waals surface area contributed by atoms with Crippen molar-refractivity contribution in [3.8, 4) is 5.88 Å². The standard InChI is InChI=1S/C21H24F3N5O4S/c1-32-19-18(6-3-7-26-19)20(14-4-2-5-15(8-14)29-12-27-28-13-29)10-16(33-21(22,23)24)9-17(11-20)34(25,30)31/h3,6-7,9-10,12-15H,2,4-5,8,11H2,1H3,(H2,25,30,31)/t14-,15+,20?/m0/s1. The molecule has 2 aliphatic rings. The van der Waals surface area contributed by atoms with Crippen LogP contribution in [0.5, 0.6) is 5.88 Å². The Kier molecular flexibility index (Phi) is 6.42. The highest BCUT2D eigenvalue weighted by molar-refractivity contribution is 7.93. The Hall–Kier alpha value is -2.93. The number of aromatic nitrogens is 4. The third-order valence-electron chi connectivity index (χ3n) is 6.47. The highest BCUT2D eigenvalue weighted by atomic mass is 32.2. The number of nitrogens with zero attached hydrogens (tertiary/aromatic N) is 4. The van der Waals surface area contributed by atoms with Gasteiger partial charge in [0, 0.05) is 23.2 Å². The van der Waals surface area contributed by atoms with Gasteiger partial charge in [-0.1, -0.05) is 12.5 Å². The van der Waals surface area contributed by atoms with Crippen LogP contribution in [0.25, 0.3) is 0 Å². The van der Waals surface area contributed by atoms with Crippen molar-refractivity contribution in [2.75, 3.05) is 7.11 Å². The molecule has 184 valence electrons. The van der Waals surface area contributed by atoms with E-state index in [2.05, 4.69) is 19.9 Å². The lowest BCUT2D eigenvalue weighted by Gasteiger charge is -2.45. The highest BCUT2D eigenvalue weighted by Gasteiger charge is 2.48. The number of pyridine rings is 1. The van der Waals surface area contributed by atoms with Crippen molar-refractivity contribution < 1.29 is 31.1 Å². The molecule has 34 heavy (non-hydrogen) atoms. The molecule has 1 fully saturated rings. The van der Waals surface area contributed by atoms with Crippen LogP contribution >= 0.6 is 0 Å². The molecule has 2 aliphatic carbocycles. The maximum absolute atomic E-state index is 13.2. The van der Waals surface area contributed by atoms with Crippen molar-refractivity contribution in [3.05, 3.63) is 59.4 Å². The van der Waals surface area contributed by atoms with Gasteiger partial charge in [-0.25, -0.2) is 18.5 Å². The van der Waals surface area contributed by atoms with E-state index in [4.69, 9.17) is 9.88 Å². The summed E-state index contributed by atoms with van der Waals surface area (Å²) in [4.78, 5) is 3.87. The van der Waals surface area contributed by atoms with Gasteiger partial charge < -0.3 is 14.0 Å². The molecule has 9 nitrogen and oxygen atoms in total. The second kappa shape index (κ2) is 9.02. The first-order chi connectivity index (χ1) is 16.0. The Morgan fingerprint density at radius 2 is 1.97 bits per heavy atom. The van der Waals surface area contributed by atoms with Crippen LogP contribution < -0.4 is 9.88 Å². The summed E-state index contributed by atoms with van der Waals surface area (Å²) in [6.45, 7) is 0. The molecule has 0 bridgehead atoms. The molecule has 3 atom stereocenters. The Morgan fingerprint density at radius 3 is 2.62 bits per heavy atom. The summed E-state index contributed by atoms with van der Waals surface area (Å²) in [6, 6.07) is 3.30. The number of methoxy groups -OCH3 is 1. The number of hydrogen-bond donors (Lipinski definition) is 1. The van der Waals surface area contributed by atoms with E-state index in [0.717, 1.165) is 18.9 Å². The zero-order chi connectivity index (χ0) is 24.6. The molecule has 1 saturated carbocycles. The Bertz CT molecular complexity index is 1200. The van der Waals surface area contributed by atoms with Gasteiger partial charge in [0.2, 0.25) is 15.9 Å². The van der Waals surface area contributed by atoms with Crippen LogP contribution in [-0.4, -0.2) is 41.6 Å². The Morgan fingerprint density at radius 1 is 1.24 bits per heavy atom. The van der Waals surface area contributed by atoms with Crippen LogP contribution in [0.1, 0.15) is 43.7 Å². The number of sulfonamides is 1. The van der Waals surface area contributed by atoms with Crippen molar-refractivity contribution in [1.82, 2.24) is 19.7 Å². The van der Waals surface area contributed by atoms with Gasteiger partial charge in [0.25, 0.3) is 0 Å². The average Bonchev–Trinajstić information content (AvgIpc) is 3.32. The molecule has 2 N–H and O–H groups in total. The van der Waals surface area contributed by atoms with E-state index < -0.39 is 27.6 Å². The normalized spacial score (nSPS) is 25.9. The van der Waals surface area contributed by atoms with E-state index in [9.17, 15) is 21.6 Å². The first kappa shape index (κ1) is 24.2. The fourth-order valence-electron chi connectivity index (χ4n) is 5.08. The van der Waals surface area contributed by atoms with Gasteiger partial charge in [-0.2, -0.15) is 0 Å². The van der Waals surface area contributed by atoms with Crippen molar-refractivity contribution in [2.45, 2.75) is 49.9 Å². The quantitative estimate of drug-likeness (QED) is 0.647. The van der Waals surface area contributed by atoms with Crippen LogP contribution in [0.4, 0.5) is 13.2 Å². The number of nitrogens with two attached hydrogens (primary N) is 1. The van der Waals surface area contributed by atoms with Gasteiger partial charge in [0.15, 0.2) is 0 Å². The zero-order valence-corrected chi connectivity index (χ0v) is 19.1. The van der Waals surface area contributed by atoms with Gasteiger partial charge >= 0.3 is 6.36 Å². The second-order valence-electron chi connectivity index (χ2n) is 8.45. The SMILES string of the molecule is COc1ncccc1C1([C@H]2CCC[C@@H](n3cnnc3)C2)C=C(OC(F)(F)F)C=C(S(N)(=O)=O)C1. The number of rotatable bonds is 6. The number of hydrogen-bond acceptors (Lipinski definition) is 7. The van der Waals surface area contributed by atoms with E-state index in [1.165, 1.54) is 19.4 Å². The summed E-state index contributed by atoms with van der Waals surface area (Å²) >= 11 is 0. The predicted molar refractivity (Wildman–Crippen MR) is 115 cm³/mol. The molecule has 0 aliphatic heterocycles. The third kappa shape index (κ3) is 4.94. The van der Waals surface area contributed by atoms with Crippen LogP contribution in [0, 0.1) is 5.92 Å². The molecule has 2 aromatic heterocycles. The van der Waals surface area contributed by atoms with Crippen LogP contribution in [0.15, 0.2) is 53.8 Å². The fourth-order valence-corrected chi connectivity index (χ4v) is 5.80. The lowest BCUT2D eigenvalue weighted by molar-refractivity contribution is -0.303. The molecule has 2 heterocycles. The van der Waals surface area contributed by atoms with Crippen LogP contribution in [0.3, 0.4) is 0 Å². The maximum atomic E-state index is 13.2. The van der Waals surface area contributed by atoms with Gasteiger partial charge in [-0.05, 0) is 49.8 Å². The molecule has 0 amide bonds. The zero-order valence-electron chi connectivity index (χ0n) is 18.3. The highest BCUT2D eigenvalue weighted by Crippen LogP contribution is 2.53. The number of alkyl halides is 3. The molecule has 2 aromatic rings. The summed E-state index contributed by atoms with van der Waals surface area (Å²) in [5, 5.41) is 13.1. The minimum absolute atomic E-state index is 0.0162. The smallest absolute Gasteiger partial charge is 0.481 e. The van der Waals surface area contributed by atoms with Crippen LogP contribution in [0.2, 0.25) is 0 Å². The summed E-state index contributed by atoms with van der Waals surface area (Å²) in [6.07, 6.45) is 4.42. The molecule has 1 unspecified atom stereocenters. The number of primary sulfonamides is 1. The lowest BCUT2D eigenvalue weighted by atomic mass is 9.61. The van der Waals surface area contributed by atoms with E-state index in [1.807, 2.05) is 4.57 Å². The van der Waals surface area contributed by atoms with E-state index >= 15 is 0 Å². The largest absolute Gasteiger partial charge is 0.573 e. The van der Waals surface area contributed by atoms with Crippen molar-refractivity contribution in [2.24, 2.45) is 11.1 Å². The Labute approximate surface area is 194 Å². The molecule has 4 rings (SSSR count). The summed E-state index contributed by atoms with van der Waals surface area (Å²) in [7, 11) is -2.92. The number of halogens is 3. The topological polar surface area (TPSA) is 122 Å². The number of ether oxygens (including phenoxy) is 2. The fraction of sp³-hybridized carbons (Fsp3) is 0.476. The maximum Gasteiger partial charge on any atom is 0.573 e. The first-order valence-corrected chi connectivity index (χ1v) is 12.1. The van der Waals surface area contributed by atoms with E-state index in [-0.39, 0.29) is 29.2 Å².